The molecule has 0 atom stereocenters. The monoisotopic (exact) mass is 320 g/mol. The molecule has 2 aromatic carbocycles. The lowest BCUT2D eigenvalue weighted by atomic mass is 10.1. The van der Waals surface area contributed by atoms with Crippen LogP contribution in [0.3, 0.4) is 0 Å². The maximum atomic E-state index is 12.1. The average molecular weight is 320 g/mol. The summed E-state index contributed by atoms with van der Waals surface area (Å²) in [5.74, 6) is -0.337. The van der Waals surface area contributed by atoms with E-state index in [0.29, 0.717) is 17.9 Å². The topological polar surface area (TPSA) is 98.5 Å². The van der Waals surface area contributed by atoms with Crippen molar-refractivity contribution in [3.8, 4) is 0 Å². The molecule has 0 aliphatic rings. The Morgan fingerprint density at radius 3 is 2.45 bits per heavy atom. The summed E-state index contributed by atoms with van der Waals surface area (Å²) in [5, 5.41) is 7.69. The van der Waals surface area contributed by atoms with Gasteiger partial charge in [0.1, 0.15) is 0 Å². The molecule has 116 valence electrons. The summed E-state index contributed by atoms with van der Waals surface area (Å²) < 4.78 is 27.6. The van der Waals surface area contributed by atoms with Crippen LogP contribution in [0.5, 0.6) is 0 Å². The number of sulfonamides is 1. The lowest BCUT2D eigenvalue weighted by molar-refractivity contribution is 0.102. The van der Waals surface area contributed by atoms with Gasteiger partial charge in [0.05, 0.1) is 11.5 Å². The van der Waals surface area contributed by atoms with Gasteiger partial charge in [-0.25, -0.2) is 13.6 Å². The predicted molar refractivity (Wildman–Crippen MR) is 82.9 cm³/mol. The summed E-state index contributed by atoms with van der Waals surface area (Å²) in [6, 6.07) is 12.7. The van der Waals surface area contributed by atoms with E-state index in [1.165, 1.54) is 18.2 Å². The fourth-order valence-electron chi connectivity index (χ4n) is 1.87. The Morgan fingerprint density at radius 2 is 1.86 bits per heavy atom. The first kappa shape index (κ1) is 16.2. The number of benzene rings is 2. The molecule has 0 aromatic heterocycles. The summed E-state index contributed by atoms with van der Waals surface area (Å²) in [7, 11) is -2.21. The van der Waals surface area contributed by atoms with E-state index in [-0.39, 0.29) is 10.8 Å². The number of carbonyl (C=O) groups excluding carboxylic acids is 1. The van der Waals surface area contributed by atoms with Gasteiger partial charge in [-0.3, -0.25) is 4.79 Å². The molecule has 0 saturated heterocycles. The molecule has 2 rings (SSSR count). The van der Waals surface area contributed by atoms with E-state index < -0.39 is 10.0 Å². The Hall–Kier alpha value is -2.22. The Labute approximate surface area is 129 Å². The Morgan fingerprint density at radius 1 is 1.18 bits per heavy atom. The van der Waals surface area contributed by atoms with E-state index >= 15 is 0 Å². The van der Waals surface area contributed by atoms with Crippen molar-refractivity contribution in [1.82, 2.24) is 0 Å². The third-order valence-corrected chi connectivity index (χ3v) is 3.86. The molecule has 1 amide bonds. The van der Waals surface area contributed by atoms with Crippen LogP contribution in [0.15, 0.2) is 53.4 Å². The average Bonchev–Trinajstić information content (AvgIpc) is 2.48. The van der Waals surface area contributed by atoms with Crippen molar-refractivity contribution in [1.29, 1.82) is 0 Å². The van der Waals surface area contributed by atoms with Gasteiger partial charge in [0.2, 0.25) is 10.0 Å². The van der Waals surface area contributed by atoms with Crippen LogP contribution in [0.25, 0.3) is 0 Å². The van der Waals surface area contributed by atoms with Crippen molar-refractivity contribution in [3.63, 3.8) is 0 Å². The number of primary sulfonamides is 1. The number of anilines is 1. The van der Waals surface area contributed by atoms with Gasteiger partial charge in [-0.15, -0.1) is 0 Å². The van der Waals surface area contributed by atoms with Crippen molar-refractivity contribution >= 4 is 21.6 Å². The van der Waals surface area contributed by atoms with Gasteiger partial charge in [0.25, 0.3) is 5.91 Å². The molecule has 0 aliphatic carbocycles. The number of amides is 1. The van der Waals surface area contributed by atoms with Crippen LogP contribution in [0, 0.1) is 0 Å². The van der Waals surface area contributed by atoms with Gasteiger partial charge in [-0.1, -0.05) is 18.2 Å². The lowest BCUT2D eigenvalue weighted by Gasteiger charge is -2.07. The standard InChI is InChI=1S/C15H16N2O4S/c1-21-10-11-5-7-12(8-6-11)15(18)17-13-3-2-4-14(9-13)22(16,19)20/h2-9H,10H2,1H3,(H,17,18)(H2,16,19,20). The maximum absolute atomic E-state index is 12.1. The Kier molecular flexibility index (Phi) is 4.92. The lowest BCUT2D eigenvalue weighted by Crippen LogP contribution is -2.14. The van der Waals surface area contributed by atoms with Gasteiger partial charge in [0.15, 0.2) is 0 Å². The van der Waals surface area contributed by atoms with Gasteiger partial charge >= 0.3 is 0 Å². The molecule has 0 radical (unpaired) electrons. The molecule has 7 heteroatoms. The summed E-state index contributed by atoms with van der Waals surface area (Å²) in [6.07, 6.45) is 0. The quantitative estimate of drug-likeness (QED) is 0.876. The smallest absolute Gasteiger partial charge is 0.255 e. The van der Waals surface area contributed by atoms with Crippen LogP contribution in [0.4, 0.5) is 5.69 Å². The summed E-state index contributed by atoms with van der Waals surface area (Å²) in [4.78, 5) is 12.1. The fraction of sp³-hybridized carbons (Fsp3) is 0.133. The summed E-state index contributed by atoms with van der Waals surface area (Å²) in [5.41, 5.74) is 1.77. The van der Waals surface area contributed by atoms with E-state index in [0.717, 1.165) is 5.56 Å². The van der Waals surface area contributed by atoms with Crippen LogP contribution in [-0.2, 0) is 21.4 Å². The highest BCUT2D eigenvalue weighted by Gasteiger charge is 2.10. The summed E-state index contributed by atoms with van der Waals surface area (Å²) >= 11 is 0. The minimum atomic E-state index is -3.80. The molecule has 0 heterocycles. The predicted octanol–water partition coefficient (Wildman–Crippen LogP) is 1.73. The molecule has 2 aromatic rings. The van der Waals surface area contributed by atoms with Gasteiger partial charge in [0, 0.05) is 18.4 Å². The van der Waals surface area contributed by atoms with Gasteiger partial charge in [-0.2, -0.15) is 0 Å². The van der Waals surface area contributed by atoms with Crippen LogP contribution in [-0.4, -0.2) is 21.4 Å². The second-order valence-corrected chi connectivity index (χ2v) is 6.22. The first-order valence-corrected chi connectivity index (χ1v) is 7.97. The van der Waals surface area contributed by atoms with Gasteiger partial charge < -0.3 is 10.1 Å². The van der Waals surface area contributed by atoms with E-state index in [1.807, 2.05) is 0 Å². The van der Waals surface area contributed by atoms with Crippen molar-refractivity contribution < 1.29 is 17.9 Å². The van der Waals surface area contributed by atoms with Gasteiger partial charge in [-0.05, 0) is 35.9 Å². The maximum Gasteiger partial charge on any atom is 0.255 e. The first-order chi connectivity index (χ1) is 10.4. The molecular formula is C15H16N2O4S. The number of hydrogen-bond acceptors (Lipinski definition) is 4. The molecule has 0 bridgehead atoms. The number of methoxy groups -OCH3 is 1. The second kappa shape index (κ2) is 6.69. The SMILES string of the molecule is COCc1ccc(C(=O)Nc2cccc(S(N)(=O)=O)c2)cc1. The van der Waals surface area contributed by atoms with E-state index in [2.05, 4.69) is 5.32 Å². The Bertz CT molecular complexity index is 770. The molecule has 0 fully saturated rings. The molecular weight excluding hydrogens is 304 g/mol. The van der Waals surface area contributed by atoms with Crippen LogP contribution >= 0.6 is 0 Å². The number of carbonyl (C=O) groups is 1. The highest BCUT2D eigenvalue weighted by Crippen LogP contribution is 2.15. The zero-order chi connectivity index (χ0) is 16.2. The fourth-order valence-corrected chi connectivity index (χ4v) is 2.43. The second-order valence-electron chi connectivity index (χ2n) is 4.66. The summed E-state index contributed by atoms with van der Waals surface area (Å²) in [6.45, 7) is 0.471. The number of rotatable bonds is 5. The van der Waals surface area contributed by atoms with E-state index in [4.69, 9.17) is 9.88 Å². The molecule has 0 spiro atoms. The van der Waals surface area contributed by atoms with Crippen LogP contribution in [0.1, 0.15) is 15.9 Å². The molecule has 22 heavy (non-hydrogen) atoms. The zero-order valence-electron chi connectivity index (χ0n) is 11.9. The van der Waals surface area contributed by atoms with Crippen molar-refractivity contribution in [3.05, 3.63) is 59.7 Å². The number of nitrogens with one attached hydrogen (secondary N) is 1. The first-order valence-electron chi connectivity index (χ1n) is 6.42. The van der Waals surface area contributed by atoms with E-state index in [1.54, 1.807) is 37.4 Å². The highest BCUT2D eigenvalue weighted by atomic mass is 32.2. The molecule has 3 N–H and O–H groups in total. The van der Waals surface area contributed by atoms with Crippen LogP contribution in [0.2, 0.25) is 0 Å². The molecule has 0 saturated carbocycles. The zero-order valence-corrected chi connectivity index (χ0v) is 12.8. The number of nitrogens with two attached hydrogens (primary N) is 1. The van der Waals surface area contributed by atoms with Crippen LogP contribution < -0.4 is 10.5 Å². The molecule has 0 aliphatic heterocycles. The van der Waals surface area contributed by atoms with E-state index in [9.17, 15) is 13.2 Å². The number of hydrogen-bond donors (Lipinski definition) is 2. The normalized spacial score (nSPS) is 11.2. The minimum Gasteiger partial charge on any atom is -0.380 e. The molecule has 0 unspecified atom stereocenters. The van der Waals surface area contributed by atoms with Crippen molar-refractivity contribution in [2.75, 3.05) is 12.4 Å². The minimum absolute atomic E-state index is 0.0549. The third kappa shape index (κ3) is 4.14. The Balaban J connectivity index is 2.15. The van der Waals surface area contributed by atoms with Crippen molar-refractivity contribution in [2.45, 2.75) is 11.5 Å². The largest absolute Gasteiger partial charge is 0.380 e. The molecule has 6 nitrogen and oxygen atoms in total. The third-order valence-electron chi connectivity index (χ3n) is 2.95. The van der Waals surface area contributed by atoms with Crippen molar-refractivity contribution in [2.24, 2.45) is 5.14 Å². The number of ether oxygens (including phenoxy) is 1. The highest BCUT2D eigenvalue weighted by molar-refractivity contribution is 7.89.